The first-order valence-corrected chi connectivity index (χ1v) is 12.7. The van der Waals surface area contributed by atoms with Crippen molar-refractivity contribution in [3.8, 4) is 5.75 Å². The van der Waals surface area contributed by atoms with Gasteiger partial charge in [-0.25, -0.2) is 0 Å². The van der Waals surface area contributed by atoms with E-state index in [4.69, 9.17) is 16.3 Å². The lowest BCUT2D eigenvalue weighted by atomic mass is 10.0. The van der Waals surface area contributed by atoms with Crippen LogP contribution in [0.3, 0.4) is 0 Å². The molecule has 0 bridgehead atoms. The summed E-state index contributed by atoms with van der Waals surface area (Å²) in [5.41, 5.74) is 2.12. The smallest absolute Gasteiger partial charge is 0.251 e. The molecular weight excluding hydrogens is 486 g/mol. The Morgan fingerprint density at radius 3 is 2.60 bits per heavy atom. The molecule has 8 nitrogen and oxygen atoms in total. The standard InChI is InChI=1S/C25H30ClN5O3S/c1-6-31-23(22(15(2)3)28-24(33)17-9-7-8-16(4)12-17)29-30-25(31)35-14-21(32)27-19-13-18(26)10-11-20(19)34-5/h7-13,15,22H,6,14H2,1-5H3,(H,27,32)(H,28,33)/t22-/m1/s1. The number of halogens is 1. The zero-order valence-electron chi connectivity index (χ0n) is 20.5. The summed E-state index contributed by atoms with van der Waals surface area (Å²) in [6.45, 7) is 8.57. The van der Waals surface area contributed by atoms with E-state index < -0.39 is 0 Å². The molecule has 2 amide bonds. The molecule has 0 fully saturated rings. The average molecular weight is 516 g/mol. The van der Waals surface area contributed by atoms with Gasteiger partial charge in [0.2, 0.25) is 5.91 Å². The molecule has 0 aliphatic heterocycles. The molecule has 1 heterocycles. The number of hydrogen-bond donors (Lipinski definition) is 2. The van der Waals surface area contributed by atoms with E-state index in [0.29, 0.717) is 39.5 Å². The Morgan fingerprint density at radius 2 is 1.94 bits per heavy atom. The molecule has 2 N–H and O–H groups in total. The molecule has 0 spiro atoms. The van der Waals surface area contributed by atoms with E-state index in [9.17, 15) is 9.59 Å². The van der Waals surface area contributed by atoms with Crippen molar-refractivity contribution in [3.05, 3.63) is 64.4 Å². The first-order chi connectivity index (χ1) is 16.7. The fourth-order valence-corrected chi connectivity index (χ4v) is 4.55. The normalized spacial score (nSPS) is 11.9. The average Bonchev–Trinajstić information content (AvgIpc) is 3.23. The van der Waals surface area contributed by atoms with Crippen LogP contribution in [0.2, 0.25) is 5.02 Å². The second kappa shape index (κ2) is 12.1. The predicted molar refractivity (Wildman–Crippen MR) is 139 cm³/mol. The Hall–Kier alpha value is -3.04. The number of carbonyl (C=O) groups excluding carboxylic acids is 2. The number of methoxy groups -OCH3 is 1. The highest BCUT2D eigenvalue weighted by Gasteiger charge is 2.26. The molecule has 0 unspecified atom stereocenters. The summed E-state index contributed by atoms with van der Waals surface area (Å²) in [6, 6.07) is 12.1. The maximum atomic E-state index is 12.9. The molecule has 0 aliphatic rings. The topological polar surface area (TPSA) is 98.1 Å². The fraction of sp³-hybridized carbons (Fsp3) is 0.360. The fourth-order valence-electron chi connectivity index (χ4n) is 3.57. The molecule has 3 rings (SSSR count). The van der Waals surface area contributed by atoms with Gasteiger partial charge in [-0.3, -0.25) is 9.59 Å². The lowest BCUT2D eigenvalue weighted by Crippen LogP contribution is -2.33. The number of nitrogens with zero attached hydrogens (tertiary/aromatic N) is 3. The van der Waals surface area contributed by atoms with Gasteiger partial charge in [0, 0.05) is 17.1 Å². The van der Waals surface area contributed by atoms with Crippen LogP contribution in [0.5, 0.6) is 5.75 Å². The van der Waals surface area contributed by atoms with Crippen molar-refractivity contribution in [2.24, 2.45) is 5.92 Å². The van der Waals surface area contributed by atoms with Gasteiger partial charge in [-0.2, -0.15) is 0 Å². The van der Waals surface area contributed by atoms with Gasteiger partial charge in [-0.15, -0.1) is 10.2 Å². The van der Waals surface area contributed by atoms with E-state index in [2.05, 4.69) is 20.8 Å². The van der Waals surface area contributed by atoms with Crippen LogP contribution in [0.1, 0.15) is 48.6 Å². The van der Waals surface area contributed by atoms with Gasteiger partial charge in [-0.1, -0.05) is 54.9 Å². The van der Waals surface area contributed by atoms with Crippen LogP contribution in [0.15, 0.2) is 47.6 Å². The van der Waals surface area contributed by atoms with Crippen LogP contribution in [0.4, 0.5) is 5.69 Å². The first-order valence-electron chi connectivity index (χ1n) is 11.3. The zero-order valence-corrected chi connectivity index (χ0v) is 22.0. The van der Waals surface area contributed by atoms with Crippen molar-refractivity contribution >= 4 is 40.9 Å². The molecule has 0 saturated carbocycles. The van der Waals surface area contributed by atoms with E-state index in [-0.39, 0.29) is 29.5 Å². The van der Waals surface area contributed by atoms with Crippen LogP contribution in [0, 0.1) is 12.8 Å². The number of nitrogens with one attached hydrogen (secondary N) is 2. The quantitative estimate of drug-likeness (QED) is 0.363. The number of rotatable bonds is 10. The molecule has 2 aromatic carbocycles. The van der Waals surface area contributed by atoms with Crippen LogP contribution < -0.4 is 15.4 Å². The van der Waals surface area contributed by atoms with Crippen LogP contribution in [-0.4, -0.2) is 39.4 Å². The van der Waals surface area contributed by atoms with Crippen molar-refractivity contribution in [1.29, 1.82) is 0 Å². The summed E-state index contributed by atoms with van der Waals surface area (Å²) < 4.78 is 7.21. The minimum atomic E-state index is -0.339. The van der Waals surface area contributed by atoms with Gasteiger partial charge in [0.15, 0.2) is 11.0 Å². The van der Waals surface area contributed by atoms with Gasteiger partial charge in [-0.05, 0) is 50.1 Å². The number of benzene rings is 2. The van der Waals surface area contributed by atoms with E-state index in [0.717, 1.165) is 5.56 Å². The van der Waals surface area contributed by atoms with E-state index in [1.807, 2.05) is 50.5 Å². The SMILES string of the molecule is CCn1c(SCC(=O)Nc2cc(Cl)ccc2OC)nnc1[C@H](NC(=O)c1cccc(C)c1)C(C)C. The lowest BCUT2D eigenvalue weighted by molar-refractivity contribution is -0.113. The number of aryl methyl sites for hydroxylation is 1. The van der Waals surface area contributed by atoms with Gasteiger partial charge < -0.3 is 19.9 Å². The Bertz CT molecular complexity index is 1200. The number of thioether (sulfide) groups is 1. The number of hydrogen-bond acceptors (Lipinski definition) is 6. The highest BCUT2D eigenvalue weighted by molar-refractivity contribution is 7.99. The molecule has 1 atom stereocenters. The molecule has 35 heavy (non-hydrogen) atoms. The molecule has 0 aliphatic carbocycles. The molecule has 186 valence electrons. The van der Waals surface area contributed by atoms with E-state index in [1.54, 1.807) is 24.3 Å². The molecule has 0 saturated heterocycles. The Morgan fingerprint density at radius 1 is 1.17 bits per heavy atom. The number of ether oxygens (including phenoxy) is 1. The Kier molecular flexibility index (Phi) is 9.17. The second-order valence-corrected chi connectivity index (χ2v) is 9.71. The molecule has 0 radical (unpaired) electrons. The van der Waals surface area contributed by atoms with Crippen molar-refractivity contribution in [3.63, 3.8) is 0 Å². The van der Waals surface area contributed by atoms with Gasteiger partial charge in [0.05, 0.1) is 24.6 Å². The van der Waals surface area contributed by atoms with Gasteiger partial charge in [0.25, 0.3) is 5.91 Å². The Balaban J connectivity index is 1.73. The van der Waals surface area contributed by atoms with Crippen molar-refractivity contribution < 1.29 is 14.3 Å². The number of aromatic nitrogens is 3. The third-order valence-corrected chi connectivity index (χ3v) is 6.54. The van der Waals surface area contributed by atoms with Crippen LogP contribution in [-0.2, 0) is 11.3 Å². The zero-order chi connectivity index (χ0) is 25.5. The Labute approximate surface area is 214 Å². The van der Waals surface area contributed by atoms with Gasteiger partial charge >= 0.3 is 0 Å². The highest BCUT2D eigenvalue weighted by atomic mass is 35.5. The maximum absolute atomic E-state index is 12.9. The summed E-state index contributed by atoms with van der Waals surface area (Å²) in [5, 5.41) is 15.7. The minimum absolute atomic E-state index is 0.0784. The van der Waals surface area contributed by atoms with Crippen LogP contribution in [0.25, 0.3) is 0 Å². The van der Waals surface area contributed by atoms with Crippen LogP contribution >= 0.6 is 23.4 Å². The second-order valence-electron chi connectivity index (χ2n) is 8.33. The minimum Gasteiger partial charge on any atom is -0.495 e. The lowest BCUT2D eigenvalue weighted by Gasteiger charge is -2.22. The van der Waals surface area contributed by atoms with Crippen molar-refractivity contribution in [2.45, 2.75) is 45.4 Å². The first kappa shape index (κ1) is 26.6. The van der Waals surface area contributed by atoms with E-state index >= 15 is 0 Å². The highest BCUT2D eigenvalue weighted by Crippen LogP contribution is 2.29. The summed E-state index contributed by atoms with van der Waals surface area (Å²) in [7, 11) is 1.53. The van der Waals surface area contributed by atoms with Crippen molar-refractivity contribution in [1.82, 2.24) is 20.1 Å². The summed E-state index contributed by atoms with van der Waals surface area (Å²) >= 11 is 7.32. The van der Waals surface area contributed by atoms with Crippen molar-refractivity contribution in [2.75, 3.05) is 18.2 Å². The predicted octanol–water partition coefficient (Wildman–Crippen LogP) is 5.13. The van der Waals surface area contributed by atoms with E-state index in [1.165, 1.54) is 18.9 Å². The maximum Gasteiger partial charge on any atom is 0.251 e. The van der Waals surface area contributed by atoms with Gasteiger partial charge in [0.1, 0.15) is 5.75 Å². The number of anilines is 1. The summed E-state index contributed by atoms with van der Waals surface area (Å²) in [5.74, 6) is 0.988. The summed E-state index contributed by atoms with van der Waals surface area (Å²) in [4.78, 5) is 25.5. The number of carbonyl (C=O) groups is 2. The third-order valence-electron chi connectivity index (χ3n) is 5.34. The molecule has 3 aromatic rings. The molecule has 1 aromatic heterocycles. The monoisotopic (exact) mass is 515 g/mol. The number of amides is 2. The largest absolute Gasteiger partial charge is 0.495 e. The molecule has 10 heteroatoms. The molecular formula is C25H30ClN5O3S. The third kappa shape index (κ3) is 6.76. The summed E-state index contributed by atoms with van der Waals surface area (Å²) in [6.07, 6.45) is 0.